The van der Waals surface area contributed by atoms with Crippen molar-refractivity contribution in [2.45, 2.75) is 311 Å². The minimum atomic E-state index is -1.12. The summed E-state index contributed by atoms with van der Waals surface area (Å²) in [6.07, 6.45) is 7.76. The number of ether oxygens (including phenoxy) is 14. The van der Waals surface area contributed by atoms with E-state index in [1.807, 2.05) is 37.3 Å². The van der Waals surface area contributed by atoms with E-state index in [0.29, 0.717) is 32.1 Å². The predicted molar refractivity (Wildman–Crippen MR) is 339 cm³/mol. The van der Waals surface area contributed by atoms with Crippen LogP contribution in [-0.2, 0) is 140 Å². The second kappa shape index (κ2) is 43.9. The summed E-state index contributed by atoms with van der Waals surface area (Å²) in [7, 11) is 0. The Morgan fingerprint density at radius 2 is 0.588 bits per heavy atom. The van der Waals surface area contributed by atoms with Crippen molar-refractivity contribution >= 4 is 83.6 Å². The molecule has 28 heteroatoms. The number of cyclic esters (lactones) is 14. The van der Waals surface area contributed by atoms with Crippen molar-refractivity contribution in [1.82, 2.24) is 0 Å². The van der Waals surface area contributed by atoms with E-state index in [-0.39, 0.29) is 17.9 Å². The van der Waals surface area contributed by atoms with Crippen LogP contribution < -0.4 is 0 Å². The molecule has 28 nitrogen and oxygen atoms in total. The van der Waals surface area contributed by atoms with Gasteiger partial charge < -0.3 is 66.3 Å². The molecule has 0 N–H and O–H groups in total. The van der Waals surface area contributed by atoms with E-state index in [1.165, 1.54) is 62.3 Å². The fraction of sp³-hybridized carbons (Fsp3) is 0.710. The smallest absolute Gasteiger partial charge is 0.350 e. The van der Waals surface area contributed by atoms with Gasteiger partial charge in [0, 0.05) is 12.3 Å². The van der Waals surface area contributed by atoms with Gasteiger partial charge in [-0.05, 0) is 119 Å². The molecule has 1 aromatic rings. The van der Waals surface area contributed by atoms with E-state index < -0.39 is 157 Å². The van der Waals surface area contributed by atoms with Crippen LogP contribution >= 0.6 is 0 Å². The SMILES string of the molecule is CC1OC(=O)C(C(C)C)OC1=O.CC1OC(=O)C(C)(C)OC1=O.CC1OC(=O)C(C)OC1=O.CC1OC(=O)C(Cc2ccccc2)OC1=O.CCCCC1OC(=O)C(C)OC1=O.CCCCCCC1OC(=O)C(C)OC1=O.CCCCCCC1OC(=O)C(CCCCCC)OC1=O. The summed E-state index contributed by atoms with van der Waals surface area (Å²) in [6.45, 7) is 25.5. The molecule has 7 fully saturated rings. The first-order valence-corrected chi connectivity index (χ1v) is 33.6. The molecule has 0 radical (unpaired) electrons. The van der Waals surface area contributed by atoms with Gasteiger partial charge in [-0.2, -0.15) is 0 Å². The van der Waals surface area contributed by atoms with E-state index in [9.17, 15) is 67.1 Å². The minimum Gasteiger partial charge on any atom is -0.448 e. The van der Waals surface area contributed by atoms with Gasteiger partial charge in [0.15, 0.2) is 67.1 Å². The molecule has 0 saturated carbocycles. The van der Waals surface area contributed by atoms with Gasteiger partial charge in [0.05, 0.1) is 0 Å². The number of carbonyl (C=O) groups is 14. The summed E-state index contributed by atoms with van der Waals surface area (Å²) in [5.74, 6) is -6.27. The molecule has 7 aliphatic rings. The quantitative estimate of drug-likeness (QED) is 0.0634. The van der Waals surface area contributed by atoms with Crippen molar-refractivity contribution in [1.29, 1.82) is 0 Å². The molecule has 7 saturated heterocycles. The molecule has 8 rings (SSSR count). The summed E-state index contributed by atoms with van der Waals surface area (Å²) in [5.41, 5.74) is -0.185. The van der Waals surface area contributed by atoms with Gasteiger partial charge in [-0.3, -0.25) is 0 Å². The molecule has 13 atom stereocenters. The average Bonchev–Trinajstić information content (AvgIpc) is 1.35. The van der Waals surface area contributed by atoms with Gasteiger partial charge >= 0.3 is 83.6 Å². The number of rotatable bonds is 21. The number of hydrogen-bond donors (Lipinski definition) is 0. The number of hydrogen-bond acceptors (Lipinski definition) is 28. The first kappa shape index (κ1) is 84.9. The van der Waals surface area contributed by atoms with Crippen LogP contribution in [0.3, 0.4) is 0 Å². The first-order valence-electron chi connectivity index (χ1n) is 33.6. The third-order valence-corrected chi connectivity index (χ3v) is 14.9. The third kappa shape index (κ3) is 30.8. The number of benzene rings is 1. The minimum absolute atomic E-state index is 0.0334. The van der Waals surface area contributed by atoms with Gasteiger partial charge in [-0.1, -0.05) is 136 Å². The second-order valence-corrected chi connectivity index (χ2v) is 24.6. The Balaban J connectivity index is 0.000000389. The van der Waals surface area contributed by atoms with Crippen LogP contribution in [0.15, 0.2) is 30.3 Å². The summed E-state index contributed by atoms with van der Waals surface area (Å²) in [6, 6.07) is 9.37. The van der Waals surface area contributed by atoms with Gasteiger partial charge in [0.2, 0.25) is 17.8 Å². The van der Waals surface area contributed by atoms with Crippen molar-refractivity contribution in [3.8, 4) is 0 Å². The Bertz CT molecular complexity index is 2710. The topological polar surface area (TPSA) is 368 Å². The van der Waals surface area contributed by atoms with E-state index in [0.717, 1.165) is 95.5 Å². The maximum Gasteiger partial charge on any atom is 0.350 e. The first-order chi connectivity index (χ1) is 45.7. The lowest BCUT2D eigenvalue weighted by Gasteiger charge is -2.30. The van der Waals surface area contributed by atoms with Crippen molar-refractivity contribution in [2.24, 2.45) is 5.92 Å². The van der Waals surface area contributed by atoms with Crippen LogP contribution in [0.1, 0.15) is 225 Å². The molecule has 0 aliphatic carbocycles. The molecule has 0 spiro atoms. The van der Waals surface area contributed by atoms with E-state index in [2.05, 4.69) is 30.2 Å². The molecule has 97 heavy (non-hydrogen) atoms. The van der Waals surface area contributed by atoms with Crippen molar-refractivity contribution in [3.05, 3.63) is 35.9 Å². The fourth-order valence-electron chi connectivity index (χ4n) is 8.92. The molecular formula is C69H102O28. The van der Waals surface area contributed by atoms with Crippen LogP contribution in [-0.4, -0.2) is 169 Å². The Hall–Kier alpha value is -8.20. The van der Waals surface area contributed by atoms with Crippen LogP contribution in [0.4, 0.5) is 0 Å². The molecule has 0 amide bonds. The highest BCUT2D eigenvalue weighted by molar-refractivity contribution is 5.91. The highest BCUT2D eigenvalue weighted by Gasteiger charge is 2.43. The normalized spacial score (nSPS) is 26.9. The lowest BCUT2D eigenvalue weighted by atomic mass is 10.1. The van der Waals surface area contributed by atoms with Crippen molar-refractivity contribution in [2.75, 3.05) is 0 Å². The summed E-state index contributed by atoms with van der Waals surface area (Å²) < 4.78 is 68.2. The largest absolute Gasteiger partial charge is 0.448 e. The molecule has 7 aliphatic heterocycles. The molecule has 0 aromatic heterocycles. The number of esters is 14. The molecule has 0 bridgehead atoms. The van der Waals surface area contributed by atoms with E-state index in [1.54, 1.807) is 13.8 Å². The zero-order chi connectivity index (χ0) is 73.1. The third-order valence-electron chi connectivity index (χ3n) is 14.9. The average molecular weight is 1380 g/mol. The highest BCUT2D eigenvalue weighted by atomic mass is 16.7. The zero-order valence-electron chi connectivity index (χ0n) is 58.8. The zero-order valence-corrected chi connectivity index (χ0v) is 58.8. The summed E-state index contributed by atoms with van der Waals surface area (Å²) in [5, 5.41) is 0. The standard InChI is InChI=1S/C16H28O4.C12H12O4.C11H18O4.C9H14O4.C8H12O4.C7H10O4.C6H8O4/c1-3-5-7-9-11-13-15(17)20-14(16(18)19-13)12-10-8-6-4-2;1-8-11(13)16-10(12(14)15-8)7-9-5-3-2-4-6-9;1-3-4-5-6-7-9-11(13)14-8(2)10(12)15-9;1-3-4-5-7-9(11)12-6(2)8(10)13-7;1-4(2)6-8(10)11-5(3)7(9)12-6;1-4-5(8)11-7(2,3)6(9)10-4;1-3-5(7)10-4(2)6(8)9-3/h13-14H,3-12H2,1-2H3;2-6,8,10H,7H2,1H3;8-9H,3-7H2,1-2H3;6-7H,3-5H2,1-2H3;4-6H,1-3H3;4H,1-3H3;3-4H,1-2H3. The Morgan fingerprint density at radius 1 is 0.309 bits per heavy atom. The number of unbranched alkanes of at least 4 members (excludes halogenated alkanes) is 10. The molecular weight excluding hydrogens is 1280 g/mol. The molecule has 546 valence electrons. The van der Waals surface area contributed by atoms with E-state index >= 15 is 0 Å². The summed E-state index contributed by atoms with van der Waals surface area (Å²) >= 11 is 0. The van der Waals surface area contributed by atoms with Gasteiger partial charge in [-0.15, -0.1) is 0 Å². The summed E-state index contributed by atoms with van der Waals surface area (Å²) in [4.78, 5) is 156. The molecule has 1 aromatic carbocycles. The molecule has 13 unspecified atom stereocenters. The second-order valence-electron chi connectivity index (χ2n) is 24.6. The maximum absolute atomic E-state index is 11.8. The maximum atomic E-state index is 11.8. The molecule has 7 heterocycles. The Labute approximate surface area is 567 Å². The van der Waals surface area contributed by atoms with Crippen LogP contribution in [0.2, 0.25) is 0 Å². The monoisotopic (exact) mass is 1380 g/mol. The Kier molecular flexibility index (Phi) is 38.4. The van der Waals surface area contributed by atoms with Gasteiger partial charge in [0.25, 0.3) is 0 Å². The van der Waals surface area contributed by atoms with Gasteiger partial charge in [-0.25, -0.2) is 67.1 Å². The van der Waals surface area contributed by atoms with Crippen molar-refractivity contribution in [3.63, 3.8) is 0 Å². The lowest BCUT2D eigenvalue weighted by molar-refractivity contribution is -0.204. The van der Waals surface area contributed by atoms with Crippen LogP contribution in [0.5, 0.6) is 0 Å². The van der Waals surface area contributed by atoms with Gasteiger partial charge in [0.1, 0.15) is 0 Å². The predicted octanol–water partition coefficient (Wildman–Crippen LogP) is 8.31. The van der Waals surface area contributed by atoms with Crippen LogP contribution in [0.25, 0.3) is 0 Å². The Morgan fingerprint density at radius 3 is 0.938 bits per heavy atom. The van der Waals surface area contributed by atoms with E-state index in [4.69, 9.17) is 56.8 Å². The van der Waals surface area contributed by atoms with Crippen molar-refractivity contribution < 1.29 is 133 Å². The van der Waals surface area contributed by atoms with Crippen LogP contribution in [0, 0.1) is 5.92 Å². The fourth-order valence-corrected chi connectivity index (χ4v) is 8.92. The number of carbonyl (C=O) groups excluding carboxylic acids is 14. The highest BCUT2D eigenvalue weighted by Crippen LogP contribution is 2.24. The lowest BCUT2D eigenvalue weighted by Crippen LogP contribution is -2.49.